The van der Waals surface area contributed by atoms with E-state index in [4.69, 9.17) is 0 Å². The highest BCUT2D eigenvalue weighted by Crippen LogP contribution is 2.19. The van der Waals surface area contributed by atoms with Crippen LogP contribution in [-0.4, -0.2) is 20.4 Å². The molecule has 0 fully saturated rings. The van der Waals surface area contributed by atoms with Gasteiger partial charge in [0, 0.05) is 18.4 Å². The minimum absolute atomic E-state index is 0.281. The van der Waals surface area contributed by atoms with E-state index < -0.39 is 10.0 Å². The van der Waals surface area contributed by atoms with Crippen LogP contribution in [0.4, 0.5) is 5.69 Å². The van der Waals surface area contributed by atoms with E-state index in [9.17, 15) is 8.42 Å². The summed E-state index contributed by atoms with van der Waals surface area (Å²) in [7, 11) is -1.82. The average Bonchev–Trinajstić information content (AvgIpc) is 2.39. The average molecular weight is 291 g/mol. The monoisotopic (exact) mass is 291 g/mol. The molecule has 0 spiro atoms. The maximum absolute atomic E-state index is 12.4. The Hall–Kier alpha value is -1.92. The highest BCUT2D eigenvalue weighted by Gasteiger charge is 2.17. The van der Waals surface area contributed by atoms with Gasteiger partial charge in [-0.2, -0.15) is 0 Å². The first-order chi connectivity index (χ1) is 9.53. The van der Waals surface area contributed by atoms with Crippen LogP contribution in [0.15, 0.2) is 47.5 Å². The molecule has 5 nitrogen and oxygen atoms in total. The van der Waals surface area contributed by atoms with Crippen LogP contribution in [0.3, 0.4) is 0 Å². The highest BCUT2D eigenvalue weighted by atomic mass is 32.2. The van der Waals surface area contributed by atoms with E-state index in [1.807, 2.05) is 13.0 Å². The molecular weight excluding hydrogens is 274 g/mol. The third-order valence-electron chi connectivity index (χ3n) is 2.78. The Bertz CT molecular complexity index is 699. The largest absolute Gasteiger partial charge is 0.316 e. The number of nitrogens with zero attached hydrogens (tertiary/aromatic N) is 1. The van der Waals surface area contributed by atoms with Gasteiger partial charge < -0.3 is 5.32 Å². The van der Waals surface area contributed by atoms with Crippen LogP contribution in [0.1, 0.15) is 11.3 Å². The van der Waals surface area contributed by atoms with Crippen LogP contribution in [-0.2, 0) is 16.6 Å². The van der Waals surface area contributed by atoms with E-state index in [1.165, 1.54) is 0 Å². The summed E-state index contributed by atoms with van der Waals surface area (Å²) in [5.74, 6) is 0. The summed E-state index contributed by atoms with van der Waals surface area (Å²) in [5, 5.41) is 2.97. The standard InChI is InChI=1S/C14H17N3O2S/c1-11-9-13(7-8-16-11)17-20(18,19)14-6-4-3-5-12(14)10-15-2/h3-9,15H,10H2,1-2H3,(H,16,17). The van der Waals surface area contributed by atoms with Crippen LogP contribution in [0.2, 0.25) is 0 Å². The van der Waals surface area contributed by atoms with Gasteiger partial charge in [0.15, 0.2) is 0 Å². The molecule has 0 amide bonds. The Morgan fingerprint density at radius 2 is 1.95 bits per heavy atom. The van der Waals surface area contributed by atoms with E-state index in [0.717, 1.165) is 11.3 Å². The van der Waals surface area contributed by atoms with Crippen LogP contribution in [0, 0.1) is 6.92 Å². The van der Waals surface area contributed by atoms with Gasteiger partial charge in [-0.05, 0) is 37.7 Å². The van der Waals surface area contributed by atoms with Crippen molar-refractivity contribution in [3.63, 3.8) is 0 Å². The third-order valence-corrected chi connectivity index (χ3v) is 4.26. The third kappa shape index (κ3) is 3.34. The maximum Gasteiger partial charge on any atom is 0.262 e. The SMILES string of the molecule is CNCc1ccccc1S(=O)(=O)Nc1ccnc(C)c1. The molecule has 106 valence electrons. The van der Waals surface area contributed by atoms with Crippen LogP contribution < -0.4 is 10.0 Å². The van der Waals surface area contributed by atoms with Gasteiger partial charge >= 0.3 is 0 Å². The number of benzene rings is 1. The fourth-order valence-electron chi connectivity index (χ4n) is 1.92. The van der Waals surface area contributed by atoms with Crippen molar-refractivity contribution in [1.29, 1.82) is 0 Å². The number of pyridine rings is 1. The molecule has 0 radical (unpaired) electrons. The van der Waals surface area contributed by atoms with Crippen molar-refractivity contribution in [3.05, 3.63) is 53.9 Å². The number of aryl methyl sites for hydroxylation is 1. The molecule has 0 aliphatic carbocycles. The Labute approximate surface area is 119 Å². The zero-order valence-electron chi connectivity index (χ0n) is 11.4. The Morgan fingerprint density at radius 1 is 1.20 bits per heavy atom. The molecule has 6 heteroatoms. The minimum atomic E-state index is -3.60. The summed E-state index contributed by atoms with van der Waals surface area (Å²) in [5.41, 5.74) is 2.00. The first-order valence-electron chi connectivity index (χ1n) is 6.21. The maximum atomic E-state index is 12.4. The second kappa shape index (κ2) is 6.02. The number of rotatable bonds is 5. The fraction of sp³-hybridized carbons (Fsp3) is 0.214. The van der Waals surface area contributed by atoms with Gasteiger partial charge in [-0.3, -0.25) is 9.71 Å². The van der Waals surface area contributed by atoms with E-state index in [-0.39, 0.29) is 4.90 Å². The first-order valence-corrected chi connectivity index (χ1v) is 7.69. The molecule has 1 aromatic heterocycles. The lowest BCUT2D eigenvalue weighted by atomic mass is 10.2. The summed E-state index contributed by atoms with van der Waals surface area (Å²) in [6.45, 7) is 2.30. The van der Waals surface area contributed by atoms with E-state index in [1.54, 1.807) is 43.6 Å². The van der Waals surface area contributed by atoms with Crippen molar-refractivity contribution in [3.8, 4) is 0 Å². The summed E-state index contributed by atoms with van der Waals surface area (Å²) < 4.78 is 27.5. The van der Waals surface area contributed by atoms with Gasteiger partial charge in [0.05, 0.1) is 10.6 Å². The molecule has 0 aliphatic rings. The summed E-state index contributed by atoms with van der Waals surface area (Å²) in [6.07, 6.45) is 1.58. The van der Waals surface area contributed by atoms with Crippen LogP contribution in [0.5, 0.6) is 0 Å². The van der Waals surface area contributed by atoms with Gasteiger partial charge in [-0.25, -0.2) is 8.42 Å². The zero-order chi connectivity index (χ0) is 14.6. The molecule has 2 N–H and O–H groups in total. The topological polar surface area (TPSA) is 71.1 Å². The number of hydrogen-bond acceptors (Lipinski definition) is 4. The van der Waals surface area contributed by atoms with Crippen molar-refractivity contribution < 1.29 is 8.42 Å². The van der Waals surface area contributed by atoms with Crippen molar-refractivity contribution in [1.82, 2.24) is 10.3 Å². The van der Waals surface area contributed by atoms with E-state index >= 15 is 0 Å². The normalized spacial score (nSPS) is 11.3. The lowest BCUT2D eigenvalue weighted by Gasteiger charge is -2.12. The quantitative estimate of drug-likeness (QED) is 0.883. The molecule has 0 bridgehead atoms. The zero-order valence-corrected chi connectivity index (χ0v) is 12.2. The predicted molar refractivity (Wildman–Crippen MR) is 79.0 cm³/mol. The van der Waals surface area contributed by atoms with E-state index in [0.29, 0.717) is 12.2 Å². The smallest absolute Gasteiger partial charge is 0.262 e. The Balaban J connectivity index is 2.36. The molecule has 1 heterocycles. The molecule has 0 saturated carbocycles. The molecule has 0 atom stereocenters. The van der Waals surface area contributed by atoms with Gasteiger partial charge in [0.1, 0.15) is 0 Å². The summed E-state index contributed by atoms with van der Waals surface area (Å²) >= 11 is 0. The first kappa shape index (κ1) is 14.5. The second-order valence-electron chi connectivity index (χ2n) is 4.43. The summed E-state index contributed by atoms with van der Waals surface area (Å²) in [4.78, 5) is 4.33. The molecule has 0 unspecified atom stereocenters. The predicted octanol–water partition coefficient (Wildman–Crippen LogP) is 1.91. The minimum Gasteiger partial charge on any atom is -0.316 e. The molecule has 1 aromatic carbocycles. The van der Waals surface area contributed by atoms with Crippen LogP contribution >= 0.6 is 0 Å². The molecule has 2 aromatic rings. The summed E-state index contributed by atoms with van der Waals surface area (Å²) in [6, 6.07) is 10.3. The van der Waals surface area contributed by atoms with Gasteiger partial charge in [-0.15, -0.1) is 0 Å². The van der Waals surface area contributed by atoms with Gasteiger partial charge in [0.25, 0.3) is 10.0 Å². The number of aromatic nitrogens is 1. The molecule has 2 rings (SSSR count). The molecule has 20 heavy (non-hydrogen) atoms. The Morgan fingerprint density at radius 3 is 2.65 bits per heavy atom. The Kier molecular flexibility index (Phi) is 4.36. The highest BCUT2D eigenvalue weighted by molar-refractivity contribution is 7.92. The van der Waals surface area contributed by atoms with Crippen molar-refractivity contribution in [2.24, 2.45) is 0 Å². The lowest BCUT2D eigenvalue weighted by molar-refractivity contribution is 0.599. The number of sulfonamides is 1. The number of hydrogen-bond donors (Lipinski definition) is 2. The van der Waals surface area contributed by atoms with Crippen molar-refractivity contribution >= 4 is 15.7 Å². The second-order valence-corrected chi connectivity index (χ2v) is 6.08. The number of anilines is 1. The van der Waals surface area contributed by atoms with Crippen molar-refractivity contribution in [2.45, 2.75) is 18.4 Å². The van der Waals surface area contributed by atoms with Gasteiger partial charge in [0.2, 0.25) is 0 Å². The van der Waals surface area contributed by atoms with Crippen molar-refractivity contribution in [2.75, 3.05) is 11.8 Å². The fourth-order valence-corrected chi connectivity index (χ4v) is 3.21. The molecule has 0 aliphatic heterocycles. The van der Waals surface area contributed by atoms with Gasteiger partial charge in [-0.1, -0.05) is 18.2 Å². The lowest BCUT2D eigenvalue weighted by Crippen LogP contribution is -2.17. The number of nitrogens with one attached hydrogen (secondary N) is 2. The molecule has 0 saturated heterocycles. The molecular formula is C14H17N3O2S. The van der Waals surface area contributed by atoms with Crippen LogP contribution in [0.25, 0.3) is 0 Å². The van der Waals surface area contributed by atoms with E-state index in [2.05, 4.69) is 15.0 Å².